The minimum absolute atomic E-state index is 0.102. The Bertz CT molecular complexity index is 616. The number of hydrogen-bond acceptors (Lipinski definition) is 2. The van der Waals surface area contributed by atoms with Gasteiger partial charge in [-0.3, -0.25) is 0 Å². The number of halogens is 2. The van der Waals surface area contributed by atoms with Crippen molar-refractivity contribution >= 4 is 29.0 Å². The van der Waals surface area contributed by atoms with Crippen LogP contribution >= 0.6 is 11.6 Å². The standard InChI is InChI=1S/C14H13ClFN3O/c15-12-7-9(1-6-13(12)16)8-18-10-2-4-11(5-3-10)19-14(17)20/h1-7,18H,8H2,(H3,17,19,20). The number of carbonyl (C=O) groups is 1. The molecule has 0 bridgehead atoms. The van der Waals surface area contributed by atoms with Crippen molar-refractivity contribution in [3.8, 4) is 0 Å². The fraction of sp³-hybridized carbons (Fsp3) is 0.0714. The Kier molecular flexibility index (Phi) is 4.42. The molecular weight excluding hydrogens is 281 g/mol. The van der Waals surface area contributed by atoms with E-state index in [-0.39, 0.29) is 5.02 Å². The second-order valence-electron chi connectivity index (χ2n) is 4.17. The summed E-state index contributed by atoms with van der Waals surface area (Å²) in [5.74, 6) is -0.433. The zero-order valence-electron chi connectivity index (χ0n) is 10.5. The van der Waals surface area contributed by atoms with Crippen molar-refractivity contribution in [2.45, 2.75) is 6.54 Å². The third-order valence-electron chi connectivity index (χ3n) is 2.63. The van der Waals surface area contributed by atoms with Gasteiger partial charge >= 0.3 is 6.03 Å². The minimum atomic E-state index is -0.605. The fourth-order valence-electron chi connectivity index (χ4n) is 1.67. The Balaban J connectivity index is 1.96. The summed E-state index contributed by atoms with van der Waals surface area (Å²) in [6, 6.07) is 11.0. The number of rotatable bonds is 4. The van der Waals surface area contributed by atoms with Gasteiger partial charge in [-0.2, -0.15) is 0 Å². The first-order valence-corrected chi connectivity index (χ1v) is 6.27. The van der Waals surface area contributed by atoms with E-state index in [9.17, 15) is 9.18 Å². The molecule has 20 heavy (non-hydrogen) atoms. The molecule has 2 aromatic rings. The molecular formula is C14H13ClFN3O. The van der Waals surface area contributed by atoms with Crippen molar-refractivity contribution in [3.05, 3.63) is 58.9 Å². The van der Waals surface area contributed by atoms with Crippen LogP contribution in [-0.2, 0) is 6.54 Å². The Hall–Kier alpha value is -2.27. The van der Waals surface area contributed by atoms with E-state index in [1.807, 2.05) is 0 Å². The summed E-state index contributed by atoms with van der Waals surface area (Å²) in [5, 5.41) is 5.74. The summed E-state index contributed by atoms with van der Waals surface area (Å²) in [6.45, 7) is 0.516. The van der Waals surface area contributed by atoms with Crippen molar-refractivity contribution in [1.82, 2.24) is 0 Å². The van der Waals surface area contributed by atoms with Crippen LogP contribution in [0.5, 0.6) is 0 Å². The summed E-state index contributed by atoms with van der Waals surface area (Å²) in [6.07, 6.45) is 0. The van der Waals surface area contributed by atoms with Gasteiger partial charge in [0, 0.05) is 17.9 Å². The molecule has 0 aromatic heterocycles. The zero-order valence-corrected chi connectivity index (χ0v) is 11.2. The lowest BCUT2D eigenvalue weighted by molar-refractivity contribution is 0.259. The number of anilines is 2. The molecule has 4 nitrogen and oxygen atoms in total. The molecule has 0 unspecified atom stereocenters. The number of nitrogens with two attached hydrogens (primary N) is 1. The summed E-state index contributed by atoms with van der Waals surface area (Å²) in [7, 11) is 0. The average molecular weight is 294 g/mol. The predicted molar refractivity (Wildman–Crippen MR) is 78.4 cm³/mol. The number of carbonyl (C=O) groups excluding carboxylic acids is 1. The molecule has 0 aliphatic carbocycles. The number of primary amides is 1. The quantitative estimate of drug-likeness (QED) is 0.806. The molecule has 0 radical (unpaired) electrons. The highest BCUT2D eigenvalue weighted by molar-refractivity contribution is 6.30. The monoisotopic (exact) mass is 293 g/mol. The summed E-state index contributed by atoms with van der Waals surface area (Å²) in [4.78, 5) is 10.7. The highest BCUT2D eigenvalue weighted by Crippen LogP contribution is 2.18. The molecule has 0 aliphatic heterocycles. The fourth-order valence-corrected chi connectivity index (χ4v) is 1.87. The largest absolute Gasteiger partial charge is 0.381 e. The number of benzene rings is 2. The van der Waals surface area contributed by atoms with Crippen LogP contribution in [0.25, 0.3) is 0 Å². The normalized spacial score (nSPS) is 10.1. The lowest BCUT2D eigenvalue weighted by Gasteiger charge is -2.08. The first-order valence-electron chi connectivity index (χ1n) is 5.89. The number of hydrogen-bond donors (Lipinski definition) is 3. The molecule has 2 rings (SSSR count). The highest BCUT2D eigenvalue weighted by Gasteiger charge is 2.01. The second kappa shape index (κ2) is 6.25. The van der Waals surface area contributed by atoms with Gasteiger partial charge in [0.05, 0.1) is 5.02 Å². The maximum Gasteiger partial charge on any atom is 0.316 e. The Morgan fingerprint density at radius 1 is 1.15 bits per heavy atom. The third-order valence-corrected chi connectivity index (χ3v) is 2.92. The minimum Gasteiger partial charge on any atom is -0.381 e. The summed E-state index contributed by atoms with van der Waals surface area (Å²) in [5.41, 5.74) is 7.37. The van der Waals surface area contributed by atoms with Gasteiger partial charge in [0.2, 0.25) is 0 Å². The summed E-state index contributed by atoms with van der Waals surface area (Å²) >= 11 is 5.71. The van der Waals surface area contributed by atoms with Gasteiger partial charge < -0.3 is 16.4 Å². The van der Waals surface area contributed by atoms with E-state index in [1.54, 1.807) is 36.4 Å². The third kappa shape index (κ3) is 3.86. The molecule has 0 atom stereocenters. The number of urea groups is 1. The second-order valence-corrected chi connectivity index (χ2v) is 4.58. The molecule has 0 saturated carbocycles. The van der Waals surface area contributed by atoms with E-state index in [4.69, 9.17) is 17.3 Å². The van der Waals surface area contributed by atoms with Crippen LogP contribution < -0.4 is 16.4 Å². The van der Waals surface area contributed by atoms with Crippen LogP contribution in [0.1, 0.15) is 5.56 Å². The number of amides is 2. The van der Waals surface area contributed by atoms with E-state index in [1.165, 1.54) is 6.07 Å². The first kappa shape index (κ1) is 14.1. The van der Waals surface area contributed by atoms with Gasteiger partial charge in [0.15, 0.2) is 0 Å². The zero-order chi connectivity index (χ0) is 14.5. The summed E-state index contributed by atoms with van der Waals surface area (Å²) < 4.78 is 13.0. The van der Waals surface area contributed by atoms with Crippen molar-refractivity contribution in [1.29, 1.82) is 0 Å². The van der Waals surface area contributed by atoms with E-state index in [0.29, 0.717) is 12.2 Å². The van der Waals surface area contributed by atoms with E-state index >= 15 is 0 Å². The Morgan fingerprint density at radius 3 is 2.40 bits per heavy atom. The Morgan fingerprint density at radius 2 is 1.80 bits per heavy atom. The number of nitrogens with one attached hydrogen (secondary N) is 2. The van der Waals surface area contributed by atoms with Crippen LogP contribution in [0, 0.1) is 5.82 Å². The van der Waals surface area contributed by atoms with Crippen molar-refractivity contribution in [2.24, 2.45) is 5.73 Å². The molecule has 104 valence electrons. The average Bonchev–Trinajstić information content (AvgIpc) is 2.41. The first-order chi connectivity index (χ1) is 9.54. The van der Waals surface area contributed by atoms with Crippen molar-refractivity contribution in [2.75, 3.05) is 10.6 Å². The van der Waals surface area contributed by atoms with E-state index in [2.05, 4.69) is 10.6 Å². The highest BCUT2D eigenvalue weighted by atomic mass is 35.5. The van der Waals surface area contributed by atoms with Gasteiger partial charge in [0.25, 0.3) is 0 Å². The van der Waals surface area contributed by atoms with E-state index < -0.39 is 11.8 Å². The maximum absolute atomic E-state index is 13.0. The van der Waals surface area contributed by atoms with E-state index in [0.717, 1.165) is 11.3 Å². The molecule has 0 heterocycles. The van der Waals surface area contributed by atoms with Crippen molar-refractivity contribution < 1.29 is 9.18 Å². The molecule has 0 fully saturated rings. The lowest BCUT2D eigenvalue weighted by Crippen LogP contribution is -2.19. The molecule has 0 saturated heterocycles. The molecule has 4 N–H and O–H groups in total. The van der Waals surface area contributed by atoms with Crippen LogP contribution in [0.15, 0.2) is 42.5 Å². The van der Waals surface area contributed by atoms with Crippen LogP contribution in [0.4, 0.5) is 20.6 Å². The topological polar surface area (TPSA) is 67.2 Å². The van der Waals surface area contributed by atoms with Gasteiger partial charge in [-0.1, -0.05) is 17.7 Å². The molecule has 6 heteroatoms. The maximum atomic E-state index is 13.0. The SMILES string of the molecule is NC(=O)Nc1ccc(NCc2ccc(F)c(Cl)c2)cc1. The van der Waals surface area contributed by atoms with Gasteiger partial charge in [-0.25, -0.2) is 9.18 Å². The van der Waals surface area contributed by atoms with Crippen LogP contribution in [0.2, 0.25) is 5.02 Å². The van der Waals surface area contributed by atoms with Gasteiger partial charge in [-0.05, 0) is 42.0 Å². The van der Waals surface area contributed by atoms with Crippen molar-refractivity contribution in [3.63, 3.8) is 0 Å². The molecule has 2 amide bonds. The predicted octanol–water partition coefficient (Wildman–Crippen LogP) is 3.58. The molecule has 2 aromatic carbocycles. The molecule has 0 aliphatic rings. The van der Waals surface area contributed by atoms with Gasteiger partial charge in [-0.15, -0.1) is 0 Å². The van der Waals surface area contributed by atoms with Gasteiger partial charge in [0.1, 0.15) is 5.82 Å². The van der Waals surface area contributed by atoms with Crippen LogP contribution in [-0.4, -0.2) is 6.03 Å². The van der Waals surface area contributed by atoms with Crippen LogP contribution in [0.3, 0.4) is 0 Å². The Labute approximate surface area is 120 Å². The lowest BCUT2D eigenvalue weighted by atomic mass is 10.2. The molecule has 0 spiro atoms. The smallest absolute Gasteiger partial charge is 0.316 e.